The monoisotopic (exact) mass is 438 g/mol. The number of nitrogens with one attached hydrogen (secondary N) is 1. The number of carbonyl (C=O) groups is 3. The largest absolute Gasteiger partial charge is 0.478 e. The van der Waals surface area contributed by atoms with Gasteiger partial charge in [0.2, 0.25) is 0 Å². The van der Waals surface area contributed by atoms with Crippen LogP contribution in [0.15, 0.2) is 48.5 Å². The van der Waals surface area contributed by atoms with E-state index in [0.29, 0.717) is 31.1 Å². The summed E-state index contributed by atoms with van der Waals surface area (Å²) in [5.41, 5.74) is 2.17. The first-order chi connectivity index (χ1) is 15.1. The van der Waals surface area contributed by atoms with Gasteiger partial charge in [0.25, 0.3) is 5.91 Å². The van der Waals surface area contributed by atoms with Crippen molar-refractivity contribution in [3.05, 3.63) is 70.8 Å². The van der Waals surface area contributed by atoms with E-state index in [-0.39, 0.29) is 11.5 Å². The van der Waals surface area contributed by atoms with E-state index in [9.17, 15) is 14.4 Å². The summed E-state index contributed by atoms with van der Waals surface area (Å²) >= 11 is 0. The first kappa shape index (κ1) is 23.3. The van der Waals surface area contributed by atoms with Crippen LogP contribution in [0.3, 0.4) is 0 Å². The predicted octanol–water partition coefficient (Wildman–Crippen LogP) is 4.43. The number of hydrogen-bond donors (Lipinski definition) is 2. The zero-order valence-electron chi connectivity index (χ0n) is 18.8. The van der Waals surface area contributed by atoms with Gasteiger partial charge < -0.3 is 20.1 Å². The average Bonchev–Trinajstić information content (AvgIpc) is 2.76. The predicted molar refractivity (Wildman–Crippen MR) is 121 cm³/mol. The van der Waals surface area contributed by atoms with Gasteiger partial charge >= 0.3 is 12.1 Å². The number of carbonyl (C=O) groups excluding carboxylic acids is 2. The molecule has 3 rings (SSSR count). The van der Waals surface area contributed by atoms with Gasteiger partial charge in [0.05, 0.1) is 5.56 Å². The topological polar surface area (TPSA) is 95.9 Å². The van der Waals surface area contributed by atoms with Gasteiger partial charge in [-0.25, -0.2) is 9.59 Å². The number of amides is 2. The molecule has 2 aromatic rings. The Bertz CT molecular complexity index is 988. The smallest absolute Gasteiger partial charge is 0.407 e. The summed E-state index contributed by atoms with van der Waals surface area (Å²) in [5, 5.41) is 11.9. The summed E-state index contributed by atoms with van der Waals surface area (Å²) < 4.78 is 5.28. The minimum absolute atomic E-state index is 0.113. The molecule has 0 unspecified atom stereocenters. The maximum Gasteiger partial charge on any atom is 0.407 e. The number of ether oxygens (including phenoxy) is 1. The second kappa shape index (κ2) is 9.85. The Kier molecular flexibility index (Phi) is 7.18. The summed E-state index contributed by atoms with van der Waals surface area (Å²) in [4.78, 5) is 37.6. The standard InChI is InChI=1S/C25H30N2O5/c1-25(2,3)32-24(31)26-16-17-6-4-7-19(14-17)18-10-12-27(13-11-18)22(28)20-8-5-9-21(15-20)23(29)30/h4-9,14-15,18H,10-13,16H2,1-3H3,(H,26,31)(H,29,30). The van der Waals surface area contributed by atoms with Crippen LogP contribution >= 0.6 is 0 Å². The minimum atomic E-state index is -1.04. The van der Waals surface area contributed by atoms with Gasteiger partial charge in [0, 0.05) is 25.2 Å². The molecular weight excluding hydrogens is 408 g/mol. The zero-order valence-corrected chi connectivity index (χ0v) is 18.8. The van der Waals surface area contributed by atoms with Crippen molar-refractivity contribution in [3.8, 4) is 0 Å². The lowest BCUT2D eigenvalue weighted by Crippen LogP contribution is -2.38. The number of likely N-dealkylation sites (tertiary alicyclic amines) is 1. The number of nitrogens with zero attached hydrogens (tertiary/aromatic N) is 1. The van der Waals surface area contributed by atoms with Crippen molar-refractivity contribution in [1.29, 1.82) is 0 Å². The van der Waals surface area contributed by atoms with Crippen molar-refractivity contribution in [1.82, 2.24) is 10.2 Å². The number of alkyl carbamates (subject to hydrolysis) is 1. The third-order valence-corrected chi connectivity index (χ3v) is 5.40. The van der Waals surface area contributed by atoms with Crippen LogP contribution in [0.2, 0.25) is 0 Å². The maximum absolute atomic E-state index is 12.8. The summed E-state index contributed by atoms with van der Waals surface area (Å²) in [5.74, 6) is -0.854. The summed E-state index contributed by atoms with van der Waals surface area (Å²) in [6.45, 7) is 7.09. The Labute approximate surface area is 188 Å². The number of carboxylic acids is 1. The van der Waals surface area contributed by atoms with Gasteiger partial charge in [-0.1, -0.05) is 30.3 Å². The second-order valence-corrected chi connectivity index (χ2v) is 9.05. The fourth-order valence-corrected chi connectivity index (χ4v) is 3.83. The summed E-state index contributed by atoms with van der Waals surface area (Å²) in [6.07, 6.45) is 1.21. The average molecular weight is 439 g/mol. The molecule has 0 atom stereocenters. The van der Waals surface area contributed by atoms with Crippen LogP contribution in [0.5, 0.6) is 0 Å². The molecule has 170 valence electrons. The first-order valence-corrected chi connectivity index (χ1v) is 10.8. The van der Waals surface area contributed by atoms with Gasteiger partial charge in [-0.05, 0) is 68.9 Å². The lowest BCUT2D eigenvalue weighted by Gasteiger charge is -2.32. The zero-order chi connectivity index (χ0) is 23.3. The van der Waals surface area contributed by atoms with Crippen LogP contribution in [0.1, 0.15) is 71.4 Å². The maximum atomic E-state index is 12.8. The molecule has 7 heteroatoms. The molecule has 7 nitrogen and oxygen atoms in total. The van der Waals surface area contributed by atoms with Gasteiger partial charge in [-0.2, -0.15) is 0 Å². The van der Waals surface area contributed by atoms with E-state index in [4.69, 9.17) is 9.84 Å². The number of hydrogen-bond acceptors (Lipinski definition) is 4. The van der Waals surface area contributed by atoms with Gasteiger partial charge in [0.1, 0.15) is 5.60 Å². The number of benzene rings is 2. The SMILES string of the molecule is CC(C)(C)OC(=O)NCc1cccc(C2CCN(C(=O)c3cccc(C(=O)O)c3)CC2)c1. The molecule has 0 aromatic heterocycles. The minimum Gasteiger partial charge on any atom is -0.478 e. The third-order valence-electron chi connectivity index (χ3n) is 5.40. The number of piperidine rings is 1. The summed E-state index contributed by atoms with van der Waals surface area (Å²) in [7, 11) is 0. The molecule has 1 fully saturated rings. The first-order valence-electron chi connectivity index (χ1n) is 10.8. The van der Waals surface area contributed by atoms with Crippen molar-refractivity contribution in [2.45, 2.75) is 51.7 Å². The quantitative estimate of drug-likeness (QED) is 0.720. The molecule has 2 amide bonds. The third kappa shape index (κ3) is 6.33. The van der Waals surface area contributed by atoms with Gasteiger partial charge in [-0.3, -0.25) is 4.79 Å². The van der Waals surface area contributed by atoms with E-state index in [2.05, 4.69) is 17.4 Å². The van der Waals surface area contributed by atoms with Crippen LogP contribution in [0.4, 0.5) is 4.79 Å². The van der Waals surface area contributed by atoms with Crippen LogP contribution in [0.25, 0.3) is 0 Å². The lowest BCUT2D eigenvalue weighted by molar-refractivity contribution is 0.0522. The Hall–Kier alpha value is -3.35. The van der Waals surface area contributed by atoms with Gasteiger partial charge in [0.15, 0.2) is 0 Å². The van der Waals surface area contributed by atoms with Crippen molar-refractivity contribution in [2.24, 2.45) is 0 Å². The normalized spacial score (nSPS) is 14.7. The van der Waals surface area contributed by atoms with Crippen molar-refractivity contribution in [3.63, 3.8) is 0 Å². The van der Waals surface area contributed by atoms with Crippen LogP contribution in [0, 0.1) is 0 Å². The second-order valence-electron chi connectivity index (χ2n) is 9.05. The molecule has 1 aliphatic heterocycles. The van der Waals surface area contributed by atoms with Crippen molar-refractivity contribution in [2.75, 3.05) is 13.1 Å². The highest BCUT2D eigenvalue weighted by Gasteiger charge is 2.25. The Morgan fingerprint density at radius 1 is 1.03 bits per heavy atom. The highest BCUT2D eigenvalue weighted by atomic mass is 16.6. The molecule has 1 heterocycles. The fraction of sp³-hybridized carbons (Fsp3) is 0.400. The molecule has 0 aliphatic carbocycles. The molecule has 1 aliphatic rings. The molecule has 32 heavy (non-hydrogen) atoms. The Morgan fingerprint density at radius 3 is 2.34 bits per heavy atom. The number of aromatic carboxylic acids is 1. The molecular formula is C25H30N2O5. The molecule has 0 radical (unpaired) electrons. The van der Waals surface area contributed by atoms with Crippen molar-refractivity contribution < 1.29 is 24.2 Å². The van der Waals surface area contributed by atoms with E-state index < -0.39 is 17.7 Å². The molecule has 0 bridgehead atoms. The summed E-state index contributed by atoms with van der Waals surface area (Å²) in [6, 6.07) is 14.3. The van der Waals surface area contributed by atoms with E-state index in [1.54, 1.807) is 17.0 Å². The molecule has 2 aromatic carbocycles. The van der Waals surface area contributed by atoms with Crippen LogP contribution in [-0.4, -0.2) is 46.7 Å². The highest BCUT2D eigenvalue weighted by Crippen LogP contribution is 2.29. The van der Waals surface area contributed by atoms with E-state index in [0.717, 1.165) is 18.4 Å². The molecule has 1 saturated heterocycles. The number of rotatable bonds is 5. The van der Waals surface area contributed by atoms with Crippen LogP contribution < -0.4 is 5.32 Å². The van der Waals surface area contributed by atoms with Crippen molar-refractivity contribution >= 4 is 18.0 Å². The molecule has 0 spiro atoms. The Morgan fingerprint density at radius 2 is 1.69 bits per heavy atom. The lowest BCUT2D eigenvalue weighted by atomic mass is 9.88. The van der Waals surface area contributed by atoms with Gasteiger partial charge in [-0.15, -0.1) is 0 Å². The van der Waals surface area contributed by atoms with E-state index in [1.165, 1.54) is 17.7 Å². The number of carboxylic acid groups (broad SMARTS) is 1. The fourth-order valence-electron chi connectivity index (χ4n) is 3.83. The Balaban J connectivity index is 1.56. The van der Waals surface area contributed by atoms with Crippen LogP contribution in [-0.2, 0) is 11.3 Å². The molecule has 2 N–H and O–H groups in total. The van der Waals surface area contributed by atoms with E-state index >= 15 is 0 Å². The van der Waals surface area contributed by atoms with E-state index in [1.807, 2.05) is 32.9 Å². The molecule has 0 saturated carbocycles. The highest BCUT2D eigenvalue weighted by molar-refractivity contribution is 5.97.